The monoisotopic (exact) mass is 449 g/mol. The number of likely N-dealkylation sites (N-methyl/N-ethyl adjacent to an activating group) is 1. The number of halogens is 1. The summed E-state index contributed by atoms with van der Waals surface area (Å²) in [5.41, 5.74) is 3.53. The molecule has 33 heavy (non-hydrogen) atoms. The smallest absolute Gasteiger partial charge is 0.270 e. The number of carbonyl (C=O) groups excluding carboxylic acids is 1. The molecule has 1 saturated heterocycles. The number of quaternary nitrogens is 1. The normalized spacial score (nSPS) is 17.0. The zero-order valence-electron chi connectivity index (χ0n) is 18.5. The molecule has 170 valence electrons. The van der Waals surface area contributed by atoms with Crippen LogP contribution >= 0.6 is 0 Å². The van der Waals surface area contributed by atoms with Crippen LogP contribution < -0.4 is 10.1 Å². The Morgan fingerprint density at radius 2 is 2.00 bits per heavy atom. The lowest BCUT2D eigenvalue weighted by atomic mass is 10.2. The maximum atomic E-state index is 13.2. The molecule has 0 saturated carbocycles. The molecule has 0 radical (unpaired) electrons. The topological polar surface area (TPSA) is 73.3 Å². The molecular formula is C25H26FN4O3+. The van der Waals surface area contributed by atoms with Gasteiger partial charge in [-0.3, -0.25) is 4.79 Å². The van der Waals surface area contributed by atoms with Gasteiger partial charge < -0.3 is 19.3 Å². The van der Waals surface area contributed by atoms with Gasteiger partial charge in [0.2, 0.25) is 0 Å². The molecule has 7 nitrogen and oxygen atoms in total. The molecule has 8 heteroatoms. The van der Waals surface area contributed by atoms with Crippen molar-refractivity contribution in [3.8, 4) is 17.1 Å². The molecule has 1 N–H and O–H groups in total. The molecule has 0 unspecified atom stereocenters. The maximum absolute atomic E-state index is 13.2. The Bertz CT molecular complexity index is 1130. The van der Waals surface area contributed by atoms with Gasteiger partial charge in [-0.25, -0.2) is 9.97 Å². The highest BCUT2D eigenvalue weighted by Crippen LogP contribution is 2.22. The lowest BCUT2D eigenvalue weighted by Crippen LogP contribution is -2.54. The Balaban J connectivity index is 1.36. The minimum atomic E-state index is -0.460. The number of rotatable bonds is 7. The second-order valence-corrected chi connectivity index (χ2v) is 8.11. The van der Waals surface area contributed by atoms with Crippen LogP contribution in [0.25, 0.3) is 11.4 Å². The molecule has 1 amide bonds. The Kier molecular flexibility index (Phi) is 7.10. The second-order valence-electron chi connectivity index (χ2n) is 8.11. The minimum Gasteiger partial charge on any atom is -0.457 e. The van der Waals surface area contributed by atoms with Crippen LogP contribution in [0.5, 0.6) is 5.75 Å². The molecule has 1 aromatic heterocycles. The predicted octanol–water partition coefficient (Wildman–Crippen LogP) is 3.19. The van der Waals surface area contributed by atoms with E-state index in [2.05, 4.69) is 28.1 Å². The number of aromatic nitrogens is 2. The zero-order chi connectivity index (χ0) is 23.1. The molecule has 1 aromatic carbocycles. The van der Waals surface area contributed by atoms with Crippen molar-refractivity contribution < 1.29 is 23.1 Å². The van der Waals surface area contributed by atoms with Crippen molar-refractivity contribution in [2.24, 2.45) is 0 Å². The number of hydrogen-bond acceptors (Lipinski definition) is 5. The summed E-state index contributed by atoms with van der Waals surface area (Å²) in [6.07, 6.45) is 7.49. The summed E-state index contributed by atoms with van der Waals surface area (Å²) in [5.74, 6) is 0.840. The van der Waals surface area contributed by atoms with Crippen LogP contribution in [0.4, 0.5) is 4.39 Å². The van der Waals surface area contributed by atoms with Gasteiger partial charge in [-0.15, -0.1) is 0 Å². The van der Waals surface area contributed by atoms with Crippen LogP contribution in [0.15, 0.2) is 78.2 Å². The number of nitrogens with zero attached hydrogens (tertiary/aromatic N) is 3. The minimum absolute atomic E-state index is 0.223. The number of allylic oxidation sites excluding steroid dienone is 4. The van der Waals surface area contributed by atoms with Crippen molar-refractivity contribution >= 4 is 5.91 Å². The molecule has 0 bridgehead atoms. The number of hydrogen-bond donors (Lipinski definition) is 1. The largest absolute Gasteiger partial charge is 0.457 e. The SMILES string of the molecule is C[N+]1(CCNC(=O)c2ccnc(-c3ccc(OC4=CC=C=C(F)C=C4)cc3)n2)CCOCC1. The molecule has 4 rings (SSSR count). The average Bonchev–Trinajstić information content (AvgIpc) is 3.04. The maximum Gasteiger partial charge on any atom is 0.270 e. The van der Waals surface area contributed by atoms with Gasteiger partial charge in [0.1, 0.15) is 30.3 Å². The van der Waals surface area contributed by atoms with Crippen molar-refractivity contribution in [1.82, 2.24) is 15.3 Å². The Morgan fingerprint density at radius 3 is 2.79 bits per heavy atom. The van der Waals surface area contributed by atoms with Crippen LogP contribution in [0.3, 0.4) is 0 Å². The third kappa shape index (κ3) is 6.23. The van der Waals surface area contributed by atoms with E-state index in [9.17, 15) is 9.18 Å². The van der Waals surface area contributed by atoms with E-state index in [1.807, 2.05) is 12.1 Å². The molecular weight excluding hydrogens is 423 g/mol. The molecule has 2 heterocycles. The Hall–Kier alpha value is -3.58. The van der Waals surface area contributed by atoms with Crippen molar-refractivity contribution in [2.45, 2.75) is 0 Å². The summed E-state index contributed by atoms with van der Waals surface area (Å²) in [6.45, 7) is 4.82. The van der Waals surface area contributed by atoms with Gasteiger partial charge in [-0.05, 0) is 54.6 Å². The zero-order valence-corrected chi connectivity index (χ0v) is 18.5. The van der Waals surface area contributed by atoms with E-state index in [4.69, 9.17) is 9.47 Å². The second kappa shape index (κ2) is 10.4. The van der Waals surface area contributed by atoms with Gasteiger partial charge in [0.05, 0.1) is 33.4 Å². The molecule has 1 fully saturated rings. The Labute approximate surface area is 192 Å². The molecule has 1 aliphatic carbocycles. The van der Waals surface area contributed by atoms with E-state index in [0.29, 0.717) is 29.6 Å². The predicted molar refractivity (Wildman–Crippen MR) is 122 cm³/mol. The van der Waals surface area contributed by atoms with E-state index in [1.165, 1.54) is 18.2 Å². The van der Waals surface area contributed by atoms with Gasteiger partial charge in [0, 0.05) is 11.8 Å². The number of ether oxygens (including phenoxy) is 2. The summed E-state index contributed by atoms with van der Waals surface area (Å²) < 4.78 is 25.3. The van der Waals surface area contributed by atoms with E-state index in [1.54, 1.807) is 30.5 Å². The van der Waals surface area contributed by atoms with Crippen LogP contribution in [0, 0.1) is 0 Å². The van der Waals surface area contributed by atoms with Gasteiger partial charge in [0.25, 0.3) is 5.91 Å². The fraction of sp³-hybridized carbons (Fsp3) is 0.280. The molecule has 1 aliphatic heterocycles. The number of benzene rings is 1. The first-order valence-electron chi connectivity index (χ1n) is 10.8. The van der Waals surface area contributed by atoms with Gasteiger partial charge in [0.15, 0.2) is 11.7 Å². The first kappa shape index (κ1) is 22.6. The quantitative estimate of drug-likeness (QED) is 0.519. The van der Waals surface area contributed by atoms with Gasteiger partial charge in [-0.2, -0.15) is 4.39 Å². The highest BCUT2D eigenvalue weighted by Gasteiger charge is 2.25. The number of morpholine rings is 1. The van der Waals surface area contributed by atoms with Gasteiger partial charge >= 0.3 is 0 Å². The lowest BCUT2D eigenvalue weighted by Gasteiger charge is -2.37. The summed E-state index contributed by atoms with van der Waals surface area (Å²) in [7, 11) is 2.18. The molecule has 0 atom stereocenters. The summed E-state index contributed by atoms with van der Waals surface area (Å²) in [4.78, 5) is 21.3. The van der Waals surface area contributed by atoms with E-state index >= 15 is 0 Å². The summed E-state index contributed by atoms with van der Waals surface area (Å²) in [5, 5.41) is 2.96. The van der Waals surface area contributed by atoms with Gasteiger partial charge in [-0.1, -0.05) is 5.73 Å². The van der Waals surface area contributed by atoms with Crippen molar-refractivity contribution in [3.63, 3.8) is 0 Å². The number of nitrogens with one attached hydrogen (secondary N) is 1. The van der Waals surface area contributed by atoms with Crippen molar-refractivity contribution in [2.75, 3.05) is 46.4 Å². The van der Waals surface area contributed by atoms with Crippen LogP contribution in [0.2, 0.25) is 0 Å². The number of amides is 1. The fourth-order valence-electron chi connectivity index (χ4n) is 3.50. The first-order chi connectivity index (χ1) is 16.0. The van der Waals surface area contributed by atoms with E-state index in [0.717, 1.165) is 42.9 Å². The third-order valence-electron chi connectivity index (χ3n) is 5.59. The van der Waals surface area contributed by atoms with Crippen LogP contribution in [-0.2, 0) is 4.74 Å². The molecule has 2 aliphatic rings. The van der Waals surface area contributed by atoms with Crippen molar-refractivity contribution in [1.29, 1.82) is 0 Å². The van der Waals surface area contributed by atoms with E-state index in [-0.39, 0.29) is 5.91 Å². The molecule has 2 aromatic rings. The molecule has 0 spiro atoms. The summed E-state index contributed by atoms with van der Waals surface area (Å²) >= 11 is 0. The highest BCUT2D eigenvalue weighted by atomic mass is 19.1. The van der Waals surface area contributed by atoms with Crippen LogP contribution in [0.1, 0.15) is 10.5 Å². The average molecular weight is 450 g/mol. The van der Waals surface area contributed by atoms with Crippen molar-refractivity contribution in [3.05, 3.63) is 83.8 Å². The first-order valence-corrected chi connectivity index (χ1v) is 10.8. The fourth-order valence-corrected chi connectivity index (χ4v) is 3.50. The summed E-state index contributed by atoms with van der Waals surface area (Å²) in [6, 6.07) is 8.76. The highest BCUT2D eigenvalue weighted by molar-refractivity contribution is 5.92. The van der Waals surface area contributed by atoms with E-state index < -0.39 is 5.83 Å². The standard InChI is InChI=1S/C25H25FN4O3/c1-30(15-17-32-18-16-30)14-13-28-25(31)23-11-12-27-24(29-23)19-5-8-22(9-6-19)33-21-4-2-3-20(26)7-10-21/h2,4-12H,13-18H2,1H3/p+1. The van der Waals surface area contributed by atoms with Crippen LogP contribution in [-0.4, -0.2) is 66.8 Å². The third-order valence-corrected chi connectivity index (χ3v) is 5.59. The Morgan fingerprint density at radius 1 is 1.21 bits per heavy atom. The number of carbonyl (C=O) groups is 1. The lowest BCUT2D eigenvalue weighted by molar-refractivity contribution is -0.915.